The van der Waals surface area contributed by atoms with E-state index in [0.717, 1.165) is 6.42 Å². The Hall–Kier alpha value is -1.59. The van der Waals surface area contributed by atoms with Crippen molar-refractivity contribution >= 4 is 17.8 Å². The highest BCUT2D eigenvalue weighted by molar-refractivity contribution is 5.89. The van der Waals surface area contributed by atoms with Crippen molar-refractivity contribution in [2.45, 2.75) is 52.2 Å². The van der Waals surface area contributed by atoms with Gasteiger partial charge in [0, 0.05) is 6.54 Å². The molecule has 6 nitrogen and oxygen atoms in total. The minimum Gasteiger partial charge on any atom is -0.444 e. The van der Waals surface area contributed by atoms with E-state index >= 15 is 0 Å². The lowest BCUT2D eigenvalue weighted by molar-refractivity contribution is -0.136. The molecule has 0 saturated carbocycles. The molecule has 0 aliphatic carbocycles. The smallest absolute Gasteiger partial charge is 0.408 e. The molecule has 108 valence electrons. The molecule has 19 heavy (non-hydrogen) atoms. The normalized spacial score (nSPS) is 19.2. The third-order valence-corrected chi connectivity index (χ3v) is 2.83. The predicted octanol–water partition coefficient (Wildman–Crippen LogP) is 1.09. The van der Waals surface area contributed by atoms with E-state index in [-0.39, 0.29) is 24.3 Å². The Morgan fingerprint density at radius 1 is 1.32 bits per heavy atom. The van der Waals surface area contributed by atoms with Gasteiger partial charge < -0.3 is 15.0 Å². The summed E-state index contributed by atoms with van der Waals surface area (Å²) in [6, 6.07) is -0.340. The number of nitrogens with zero attached hydrogens (tertiary/aromatic N) is 1. The molecule has 1 aliphatic rings. The summed E-state index contributed by atoms with van der Waals surface area (Å²) in [6.45, 7) is 7.16. The highest BCUT2D eigenvalue weighted by Crippen LogP contribution is 2.17. The summed E-state index contributed by atoms with van der Waals surface area (Å²) < 4.78 is 5.04. The van der Waals surface area contributed by atoms with E-state index in [4.69, 9.17) is 4.74 Å². The Labute approximate surface area is 113 Å². The standard InChI is InChI=1S/C13H22N2O4/c1-9(16)10-6-5-7-15(10)11(17)8-14-12(18)19-13(2,3)4/h10H,5-8H2,1-4H3,(H,14,18). The lowest BCUT2D eigenvalue weighted by atomic mass is 10.1. The zero-order valence-electron chi connectivity index (χ0n) is 12.0. The van der Waals surface area contributed by atoms with Gasteiger partial charge in [-0.2, -0.15) is 0 Å². The molecule has 1 heterocycles. The van der Waals surface area contributed by atoms with E-state index in [2.05, 4.69) is 5.32 Å². The van der Waals surface area contributed by atoms with Crippen LogP contribution in [0.2, 0.25) is 0 Å². The molecule has 1 aliphatic heterocycles. The first kappa shape index (κ1) is 15.5. The van der Waals surface area contributed by atoms with Gasteiger partial charge in [-0.15, -0.1) is 0 Å². The van der Waals surface area contributed by atoms with E-state index in [1.54, 1.807) is 20.8 Å². The minimum absolute atomic E-state index is 0.0110. The van der Waals surface area contributed by atoms with Gasteiger partial charge in [0.25, 0.3) is 0 Å². The maximum atomic E-state index is 11.9. The molecule has 1 unspecified atom stereocenters. The second-order valence-corrected chi connectivity index (χ2v) is 5.71. The average Bonchev–Trinajstić information content (AvgIpc) is 2.72. The minimum atomic E-state index is -0.626. The number of amides is 2. The fourth-order valence-corrected chi connectivity index (χ4v) is 2.05. The molecule has 2 amide bonds. The van der Waals surface area contributed by atoms with E-state index in [0.29, 0.717) is 13.0 Å². The number of hydrogen-bond donors (Lipinski definition) is 1. The van der Waals surface area contributed by atoms with Crippen molar-refractivity contribution in [1.29, 1.82) is 0 Å². The number of hydrogen-bond acceptors (Lipinski definition) is 4. The van der Waals surface area contributed by atoms with Gasteiger partial charge in [-0.3, -0.25) is 9.59 Å². The van der Waals surface area contributed by atoms with Gasteiger partial charge in [0.05, 0.1) is 6.04 Å². The van der Waals surface area contributed by atoms with Crippen LogP contribution in [0.15, 0.2) is 0 Å². The van der Waals surface area contributed by atoms with Crippen molar-refractivity contribution in [3.63, 3.8) is 0 Å². The SMILES string of the molecule is CC(=O)C1CCCN1C(=O)CNC(=O)OC(C)(C)C. The Morgan fingerprint density at radius 2 is 1.95 bits per heavy atom. The molecule has 0 aromatic heterocycles. The fraction of sp³-hybridized carbons (Fsp3) is 0.769. The first-order valence-electron chi connectivity index (χ1n) is 6.47. The van der Waals surface area contributed by atoms with Crippen LogP contribution in [-0.2, 0) is 14.3 Å². The van der Waals surface area contributed by atoms with Crippen LogP contribution in [0.3, 0.4) is 0 Å². The summed E-state index contributed by atoms with van der Waals surface area (Å²) in [5.74, 6) is -0.258. The number of ketones is 1. The van der Waals surface area contributed by atoms with Crippen molar-refractivity contribution in [2.75, 3.05) is 13.1 Å². The van der Waals surface area contributed by atoms with Crippen LogP contribution in [0.25, 0.3) is 0 Å². The molecule has 1 rings (SSSR count). The number of ether oxygens (including phenoxy) is 1. The summed E-state index contributed by atoms with van der Waals surface area (Å²) in [5.41, 5.74) is -0.595. The van der Waals surface area contributed by atoms with E-state index in [1.807, 2.05) is 0 Å². The predicted molar refractivity (Wildman–Crippen MR) is 69.7 cm³/mol. The summed E-state index contributed by atoms with van der Waals surface area (Å²) in [7, 11) is 0. The van der Waals surface area contributed by atoms with Crippen molar-refractivity contribution in [3.05, 3.63) is 0 Å². The average molecular weight is 270 g/mol. The summed E-state index contributed by atoms with van der Waals surface area (Å²) in [4.78, 5) is 36.3. The second-order valence-electron chi connectivity index (χ2n) is 5.71. The van der Waals surface area contributed by atoms with Gasteiger partial charge >= 0.3 is 6.09 Å². The van der Waals surface area contributed by atoms with Gasteiger partial charge in [-0.25, -0.2) is 4.79 Å². The van der Waals surface area contributed by atoms with Crippen LogP contribution in [0, 0.1) is 0 Å². The Kier molecular flexibility index (Phi) is 4.91. The number of likely N-dealkylation sites (tertiary alicyclic amines) is 1. The van der Waals surface area contributed by atoms with Crippen LogP contribution >= 0.6 is 0 Å². The van der Waals surface area contributed by atoms with Gasteiger partial charge in [0.1, 0.15) is 12.1 Å². The van der Waals surface area contributed by atoms with Crippen LogP contribution < -0.4 is 5.32 Å². The third kappa shape index (κ3) is 4.89. The van der Waals surface area contributed by atoms with Crippen molar-refractivity contribution < 1.29 is 19.1 Å². The molecule has 0 bridgehead atoms. The number of carbonyl (C=O) groups is 3. The Balaban J connectivity index is 2.43. The van der Waals surface area contributed by atoms with Gasteiger partial charge in [-0.05, 0) is 40.5 Å². The lowest BCUT2D eigenvalue weighted by Gasteiger charge is -2.23. The maximum Gasteiger partial charge on any atom is 0.408 e. The molecule has 0 aromatic rings. The highest BCUT2D eigenvalue weighted by atomic mass is 16.6. The zero-order valence-corrected chi connectivity index (χ0v) is 12.0. The first-order valence-corrected chi connectivity index (χ1v) is 6.47. The van der Waals surface area contributed by atoms with Crippen molar-refractivity contribution in [1.82, 2.24) is 10.2 Å². The summed E-state index contributed by atoms with van der Waals surface area (Å²) in [6.07, 6.45) is 0.898. The molecular formula is C13H22N2O4. The maximum absolute atomic E-state index is 11.9. The highest BCUT2D eigenvalue weighted by Gasteiger charge is 2.31. The molecular weight excluding hydrogens is 248 g/mol. The number of carbonyl (C=O) groups excluding carboxylic acids is 3. The zero-order chi connectivity index (χ0) is 14.6. The number of Topliss-reactive ketones (excluding diaryl/α,β-unsaturated/α-hetero) is 1. The van der Waals surface area contributed by atoms with Gasteiger partial charge in [-0.1, -0.05) is 0 Å². The largest absolute Gasteiger partial charge is 0.444 e. The van der Waals surface area contributed by atoms with Gasteiger partial charge in [0.2, 0.25) is 5.91 Å². The molecule has 0 radical (unpaired) electrons. The van der Waals surface area contributed by atoms with E-state index in [1.165, 1.54) is 11.8 Å². The summed E-state index contributed by atoms with van der Waals surface area (Å²) >= 11 is 0. The molecule has 1 fully saturated rings. The molecule has 1 saturated heterocycles. The molecule has 0 aromatic carbocycles. The third-order valence-electron chi connectivity index (χ3n) is 2.83. The van der Waals surface area contributed by atoms with Crippen LogP contribution in [0.1, 0.15) is 40.5 Å². The second kappa shape index (κ2) is 6.04. The van der Waals surface area contributed by atoms with E-state index in [9.17, 15) is 14.4 Å². The van der Waals surface area contributed by atoms with Crippen LogP contribution in [-0.4, -0.2) is 47.4 Å². The van der Waals surface area contributed by atoms with Crippen LogP contribution in [0.5, 0.6) is 0 Å². The lowest BCUT2D eigenvalue weighted by Crippen LogP contribution is -2.45. The Bertz CT molecular complexity index is 373. The topological polar surface area (TPSA) is 75.7 Å². The molecule has 6 heteroatoms. The van der Waals surface area contributed by atoms with Crippen LogP contribution in [0.4, 0.5) is 4.79 Å². The summed E-state index contributed by atoms with van der Waals surface area (Å²) in [5, 5.41) is 2.41. The van der Waals surface area contributed by atoms with Crippen molar-refractivity contribution in [3.8, 4) is 0 Å². The van der Waals surface area contributed by atoms with E-state index < -0.39 is 11.7 Å². The molecule has 1 N–H and O–H groups in total. The fourth-order valence-electron chi connectivity index (χ4n) is 2.05. The monoisotopic (exact) mass is 270 g/mol. The number of rotatable bonds is 3. The molecule has 0 spiro atoms. The Morgan fingerprint density at radius 3 is 2.47 bits per heavy atom. The van der Waals surface area contributed by atoms with Gasteiger partial charge in [0.15, 0.2) is 5.78 Å². The quantitative estimate of drug-likeness (QED) is 0.833. The number of alkyl carbamates (subject to hydrolysis) is 1. The molecule has 1 atom stereocenters. The first-order chi connectivity index (χ1) is 8.70. The number of nitrogens with one attached hydrogen (secondary N) is 1. The van der Waals surface area contributed by atoms with Crippen molar-refractivity contribution in [2.24, 2.45) is 0 Å².